The molecule has 7 heteroatoms. The van der Waals surface area contributed by atoms with Crippen molar-refractivity contribution in [1.29, 1.82) is 0 Å². The number of rotatable bonds is 9. The van der Waals surface area contributed by atoms with Crippen molar-refractivity contribution in [3.63, 3.8) is 0 Å². The Balaban J connectivity index is 1.61. The van der Waals surface area contributed by atoms with Crippen LogP contribution in [0.15, 0.2) is 53.7 Å². The van der Waals surface area contributed by atoms with Crippen molar-refractivity contribution < 1.29 is 9.53 Å². The van der Waals surface area contributed by atoms with E-state index in [0.29, 0.717) is 11.7 Å². The number of hydrogen-bond donors (Lipinski definition) is 1. The average Bonchev–Trinajstić information content (AvgIpc) is 3.17. The third kappa shape index (κ3) is 5.63. The van der Waals surface area contributed by atoms with Gasteiger partial charge in [0.15, 0.2) is 17.1 Å². The monoisotopic (exact) mass is 424 g/mol. The molecule has 1 amide bonds. The number of carbonyl (C=O) groups excluding carboxylic acids is 1. The molecule has 0 saturated heterocycles. The zero-order valence-electron chi connectivity index (χ0n) is 17.9. The highest BCUT2D eigenvalue weighted by Crippen LogP contribution is 2.25. The zero-order valence-corrected chi connectivity index (χ0v) is 18.7. The largest absolute Gasteiger partial charge is 0.483 e. The smallest absolute Gasteiger partial charge is 0.234 e. The molecule has 30 heavy (non-hydrogen) atoms. The van der Waals surface area contributed by atoms with Crippen LogP contribution < -0.4 is 10.1 Å². The minimum atomic E-state index is -0.249. The van der Waals surface area contributed by atoms with Gasteiger partial charge in [-0.2, -0.15) is 0 Å². The molecular weight excluding hydrogens is 396 g/mol. The number of amides is 1. The summed E-state index contributed by atoms with van der Waals surface area (Å²) in [7, 11) is 0. The van der Waals surface area contributed by atoms with Crippen molar-refractivity contribution >= 4 is 23.4 Å². The van der Waals surface area contributed by atoms with Gasteiger partial charge < -0.3 is 14.6 Å². The van der Waals surface area contributed by atoms with Gasteiger partial charge in [0, 0.05) is 12.2 Å². The van der Waals surface area contributed by atoms with E-state index in [9.17, 15) is 4.79 Å². The van der Waals surface area contributed by atoms with Crippen LogP contribution in [0.25, 0.3) is 0 Å². The molecule has 0 fully saturated rings. The molecule has 6 nitrogen and oxygen atoms in total. The summed E-state index contributed by atoms with van der Waals surface area (Å²) >= 11 is 1.37. The minimum absolute atomic E-state index is 0.0728. The predicted molar refractivity (Wildman–Crippen MR) is 121 cm³/mol. The van der Waals surface area contributed by atoms with E-state index in [1.54, 1.807) is 0 Å². The molecule has 1 aromatic heterocycles. The summed E-state index contributed by atoms with van der Waals surface area (Å²) in [6.07, 6.45) is 0.749. The molecule has 1 N–H and O–H groups in total. The van der Waals surface area contributed by atoms with Crippen LogP contribution in [-0.2, 0) is 17.8 Å². The Bertz CT molecular complexity index is 968. The molecule has 0 unspecified atom stereocenters. The van der Waals surface area contributed by atoms with Gasteiger partial charge in [-0.15, -0.1) is 10.2 Å². The Morgan fingerprint density at radius 2 is 1.80 bits per heavy atom. The SMILES string of the molecule is CCc1ccc(O[C@H](C)c2nnc(SCC(=O)Nc3ccc(C)cc3)n2CC)cc1. The summed E-state index contributed by atoms with van der Waals surface area (Å²) in [6, 6.07) is 15.8. The van der Waals surface area contributed by atoms with Crippen LogP contribution in [-0.4, -0.2) is 26.4 Å². The molecule has 0 bridgehead atoms. The lowest BCUT2D eigenvalue weighted by Crippen LogP contribution is -2.15. The Kier molecular flexibility index (Phi) is 7.52. The molecule has 0 radical (unpaired) electrons. The highest BCUT2D eigenvalue weighted by molar-refractivity contribution is 7.99. The summed E-state index contributed by atoms with van der Waals surface area (Å²) in [6.45, 7) is 8.84. The first-order chi connectivity index (χ1) is 14.5. The maximum absolute atomic E-state index is 12.3. The van der Waals surface area contributed by atoms with Gasteiger partial charge in [-0.3, -0.25) is 4.79 Å². The number of aryl methyl sites for hydroxylation is 2. The van der Waals surface area contributed by atoms with E-state index < -0.39 is 0 Å². The maximum Gasteiger partial charge on any atom is 0.234 e. The van der Waals surface area contributed by atoms with Crippen LogP contribution in [0.4, 0.5) is 5.69 Å². The summed E-state index contributed by atoms with van der Waals surface area (Å²) in [5.74, 6) is 1.74. The van der Waals surface area contributed by atoms with Crippen molar-refractivity contribution in [2.45, 2.75) is 51.9 Å². The number of hydrogen-bond acceptors (Lipinski definition) is 5. The van der Waals surface area contributed by atoms with Crippen LogP contribution in [0.1, 0.15) is 43.8 Å². The van der Waals surface area contributed by atoms with Crippen molar-refractivity contribution in [2.24, 2.45) is 0 Å². The second-order valence-electron chi connectivity index (χ2n) is 7.05. The van der Waals surface area contributed by atoms with Crippen molar-refractivity contribution in [1.82, 2.24) is 14.8 Å². The normalized spacial score (nSPS) is 11.9. The third-order valence-corrected chi connectivity index (χ3v) is 5.70. The number of nitrogens with zero attached hydrogens (tertiary/aromatic N) is 3. The molecule has 0 aliphatic heterocycles. The van der Waals surface area contributed by atoms with Crippen molar-refractivity contribution in [2.75, 3.05) is 11.1 Å². The first kappa shape index (κ1) is 21.9. The van der Waals surface area contributed by atoms with Crippen LogP contribution in [0.3, 0.4) is 0 Å². The van der Waals surface area contributed by atoms with E-state index in [4.69, 9.17) is 4.74 Å². The van der Waals surface area contributed by atoms with E-state index in [2.05, 4.69) is 34.6 Å². The maximum atomic E-state index is 12.3. The fourth-order valence-corrected chi connectivity index (χ4v) is 3.84. The van der Waals surface area contributed by atoms with Crippen LogP contribution in [0, 0.1) is 6.92 Å². The molecule has 3 aromatic rings. The second-order valence-corrected chi connectivity index (χ2v) is 7.99. The molecule has 3 rings (SSSR count). The second kappa shape index (κ2) is 10.3. The van der Waals surface area contributed by atoms with E-state index in [0.717, 1.165) is 29.2 Å². The van der Waals surface area contributed by atoms with Gasteiger partial charge >= 0.3 is 0 Å². The molecular formula is C23H28N4O2S. The summed E-state index contributed by atoms with van der Waals surface area (Å²) < 4.78 is 8.05. The third-order valence-electron chi connectivity index (χ3n) is 4.74. The van der Waals surface area contributed by atoms with Crippen LogP contribution in [0.2, 0.25) is 0 Å². The van der Waals surface area contributed by atoms with E-state index in [1.165, 1.54) is 17.3 Å². The number of nitrogens with one attached hydrogen (secondary N) is 1. The topological polar surface area (TPSA) is 69.0 Å². The molecule has 0 saturated carbocycles. The highest BCUT2D eigenvalue weighted by Gasteiger charge is 2.19. The number of benzene rings is 2. The summed E-state index contributed by atoms with van der Waals surface area (Å²) in [5, 5.41) is 12.2. The molecule has 2 aromatic carbocycles. The Morgan fingerprint density at radius 3 is 2.43 bits per heavy atom. The van der Waals surface area contributed by atoms with Gasteiger partial charge in [0.1, 0.15) is 5.75 Å². The average molecular weight is 425 g/mol. The molecule has 0 aliphatic rings. The van der Waals surface area contributed by atoms with Gasteiger partial charge in [-0.1, -0.05) is 48.5 Å². The number of carbonyl (C=O) groups is 1. The molecule has 1 atom stereocenters. The standard InChI is InChI=1S/C23H28N4O2S/c1-5-18-9-13-20(14-10-18)29-17(4)22-25-26-23(27(22)6-2)30-15-21(28)24-19-11-7-16(3)8-12-19/h7-14,17H,5-6,15H2,1-4H3,(H,24,28)/t17-/m1/s1. The lowest BCUT2D eigenvalue weighted by Gasteiger charge is -2.16. The Hall–Kier alpha value is -2.80. The zero-order chi connectivity index (χ0) is 21.5. The van der Waals surface area contributed by atoms with E-state index in [-0.39, 0.29) is 17.8 Å². The van der Waals surface area contributed by atoms with Gasteiger partial charge in [-0.25, -0.2) is 0 Å². The van der Waals surface area contributed by atoms with Crippen LogP contribution >= 0.6 is 11.8 Å². The highest BCUT2D eigenvalue weighted by atomic mass is 32.2. The Morgan fingerprint density at radius 1 is 1.10 bits per heavy atom. The lowest BCUT2D eigenvalue weighted by atomic mass is 10.2. The van der Waals surface area contributed by atoms with Crippen molar-refractivity contribution in [3.8, 4) is 5.75 Å². The first-order valence-corrected chi connectivity index (χ1v) is 11.2. The predicted octanol–water partition coefficient (Wildman–Crippen LogP) is 5.04. The van der Waals surface area contributed by atoms with E-state index >= 15 is 0 Å². The van der Waals surface area contributed by atoms with Gasteiger partial charge in [0.2, 0.25) is 5.91 Å². The molecule has 158 valence electrons. The van der Waals surface area contributed by atoms with Gasteiger partial charge in [-0.05, 0) is 57.0 Å². The first-order valence-electron chi connectivity index (χ1n) is 10.2. The number of aromatic nitrogens is 3. The number of thioether (sulfide) groups is 1. The molecule has 0 spiro atoms. The van der Waals surface area contributed by atoms with Crippen molar-refractivity contribution in [3.05, 3.63) is 65.5 Å². The molecule has 1 heterocycles. The fraction of sp³-hybridized carbons (Fsp3) is 0.348. The fourth-order valence-electron chi connectivity index (χ4n) is 3.03. The Labute approximate surface area is 182 Å². The molecule has 0 aliphatic carbocycles. The van der Waals surface area contributed by atoms with Gasteiger partial charge in [0.25, 0.3) is 0 Å². The summed E-state index contributed by atoms with van der Waals surface area (Å²) in [5.41, 5.74) is 3.22. The lowest BCUT2D eigenvalue weighted by molar-refractivity contribution is -0.113. The number of ether oxygens (including phenoxy) is 1. The quantitative estimate of drug-likeness (QED) is 0.487. The minimum Gasteiger partial charge on any atom is -0.483 e. The van der Waals surface area contributed by atoms with E-state index in [1.807, 2.05) is 61.7 Å². The van der Waals surface area contributed by atoms with Crippen LogP contribution in [0.5, 0.6) is 5.75 Å². The number of anilines is 1. The van der Waals surface area contributed by atoms with Gasteiger partial charge in [0.05, 0.1) is 5.75 Å². The summed E-state index contributed by atoms with van der Waals surface area (Å²) in [4.78, 5) is 12.3.